The van der Waals surface area contributed by atoms with Gasteiger partial charge < -0.3 is 15.7 Å². The van der Waals surface area contributed by atoms with E-state index in [4.69, 9.17) is 0 Å². The summed E-state index contributed by atoms with van der Waals surface area (Å²) in [7, 11) is 0. The number of aromatic hydroxyl groups is 1. The first kappa shape index (κ1) is 17.8. The number of pyridine rings is 2. The first-order valence-corrected chi connectivity index (χ1v) is 10.2. The predicted molar refractivity (Wildman–Crippen MR) is 112 cm³/mol. The van der Waals surface area contributed by atoms with Crippen LogP contribution in [0.2, 0.25) is 0 Å². The third-order valence-electron chi connectivity index (χ3n) is 5.71. The Balaban J connectivity index is 1.16. The Labute approximate surface area is 169 Å². The van der Waals surface area contributed by atoms with Crippen molar-refractivity contribution in [3.63, 3.8) is 0 Å². The summed E-state index contributed by atoms with van der Waals surface area (Å²) in [5.74, 6) is 2.45. The summed E-state index contributed by atoms with van der Waals surface area (Å²) in [4.78, 5) is 17.5. The molecule has 2 saturated carbocycles. The number of aromatic nitrogens is 4. The molecule has 29 heavy (non-hydrogen) atoms. The Hall–Kier alpha value is -3.22. The molecule has 2 aliphatic carbocycles. The smallest absolute Gasteiger partial charge is 0.222 e. The minimum atomic E-state index is 0.208. The van der Waals surface area contributed by atoms with Gasteiger partial charge in [0.2, 0.25) is 5.95 Å². The van der Waals surface area contributed by atoms with E-state index in [0.29, 0.717) is 23.6 Å². The Morgan fingerprint density at radius 1 is 0.828 bits per heavy atom. The van der Waals surface area contributed by atoms with Crippen molar-refractivity contribution >= 4 is 11.8 Å². The van der Waals surface area contributed by atoms with E-state index in [1.54, 1.807) is 24.7 Å². The molecular weight excluding hydrogens is 364 g/mol. The van der Waals surface area contributed by atoms with Gasteiger partial charge in [-0.1, -0.05) is 0 Å². The molecule has 2 aliphatic rings. The summed E-state index contributed by atoms with van der Waals surface area (Å²) in [5, 5.41) is 16.9. The third kappa shape index (κ3) is 4.13. The lowest BCUT2D eigenvalue weighted by atomic mass is 10.1. The molecule has 0 spiro atoms. The summed E-state index contributed by atoms with van der Waals surface area (Å²) < 4.78 is 0. The second-order valence-electron chi connectivity index (χ2n) is 7.93. The van der Waals surface area contributed by atoms with Crippen molar-refractivity contribution in [2.45, 2.75) is 50.1 Å². The maximum Gasteiger partial charge on any atom is 0.222 e. The van der Waals surface area contributed by atoms with E-state index in [2.05, 4.69) is 30.6 Å². The molecule has 7 heteroatoms. The Kier molecular flexibility index (Phi) is 4.71. The monoisotopic (exact) mass is 388 g/mol. The van der Waals surface area contributed by atoms with Crippen LogP contribution >= 0.6 is 0 Å². The van der Waals surface area contributed by atoms with Gasteiger partial charge in [-0.3, -0.25) is 4.98 Å². The quantitative estimate of drug-likeness (QED) is 0.588. The van der Waals surface area contributed by atoms with Crippen LogP contribution in [0.15, 0.2) is 49.2 Å². The molecule has 3 heterocycles. The Morgan fingerprint density at radius 3 is 2.31 bits per heavy atom. The van der Waals surface area contributed by atoms with Crippen LogP contribution in [-0.4, -0.2) is 37.1 Å². The summed E-state index contributed by atoms with van der Waals surface area (Å²) in [6.45, 7) is 0. The van der Waals surface area contributed by atoms with E-state index in [1.807, 2.05) is 24.5 Å². The van der Waals surface area contributed by atoms with Crippen molar-refractivity contribution < 1.29 is 5.11 Å². The minimum Gasteiger partial charge on any atom is -0.507 e. The molecule has 3 N–H and O–H groups in total. The highest BCUT2D eigenvalue weighted by Gasteiger charge is 2.26. The molecular formula is C22H24N6O. The van der Waals surface area contributed by atoms with Crippen molar-refractivity contribution in [3.8, 4) is 16.9 Å². The van der Waals surface area contributed by atoms with Crippen molar-refractivity contribution in [2.24, 2.45) is 0 Å². The second kappa shape index (κ2) is 7.66. The van der Waals surface area contributed by atoms with Crippen molar-refractivity contribution in [3.05, 3.63) is 54.7 Å². The molecule has 0 aliphatic heterocycles. The zero-order chi connectivity index (χ0) is 19.6. The lowest BCUT2D eigenvalue weighted by molar-refractivity contribution is 0.476. The highest BCUT2D eigenvalue weighted by Crippen LogP contribution is 2.39. The molecule has 0 radical (unpaired) electrons. The van der Waals surface area contributed by atoms with Gasteiger partial charge >= 0.3 is 0 Å². The molecule has 5 rings (SSSR count). The molecule has 148 valence electrons. The van der Waals surface area contributed by atoms with E-state index in [0.717, 1.165) is 36.6 Å². The SMILES string of the molecule is Oc1ccncc1-c1ccc(N[C@H]2CC[C@H](Nc3ncc(C4CC4)cn3)C2)nc1. The highest BCUT2D eigenvalue weighted by atomic mass is 16.3. The number of nitrogens with zero attached hydrogens (tertiary/aromatic N) is 4. The van der Waals surface area contributed by atoms with E-state index in [-0.39, 0.29) is 5.75 Å². The topological polar surface area (TPSA) is 95.9 Å². The van der Waals surface area contributed by atoms with Gasteiger partial charge in [-0.2, -0.15) is 0 Å². The Morgan fingerprint density at radius 2 is 1.62 bits per heavy atom. The lowest BCUT2D eigenvalue weighted by Gasteiger charge is -2.15. The van der Waals surface area contributed by atoms with Gasteiger partial charge in [0.25, 0.3) is 0 Å². The van der Waals surface area contributed by atoms with E-state index in [9.17, 15) is 5.11 Å². The van der Waals surface area contributed by atoms with Gasteiger partial charge in [0.1, 0.15) is 11.6 Å². The fraction of sp³-hybridized carbons (Fsp3) is 0.364. The first-order chi connectivity index (χ1) is 14.2. The summed E-state index contributed by atoms with van der Waals surface area (Å²) in [6.07, 6.45) is 14.6. The van der Waals surface area contributed by atoms with Crippen LogP contribution in [0, 0.1) is 0 Å². The Bertz CT molecular complexity index is 971. The average molecular weight is 388 g/mol. The van der Waals surface area contributed by atoms with Crippen LogP contribution < -0.4 is 10.6 Å². The van der Waals surface area contributed by atoms with Crippen LogP contribution in [0.25, 0.3) is 11.1 Å². The number of hydrogen-bond donors (Lipinski definition) is 3. The number of rotatable bonds is 6. The number of nitrogens with one attached hydrogen (secondary N) is 2. The fourth-order valence-electron chi connectivity index (χ4n) is 3.92. The minimum absolute atomic E-state index is 0.208. The number of anilines is 2. The molecule has 0 bridgehead atoms. The molecule has 0 unspecified atom stereocenters. The van der Waals surface area contributed by atoms with Crippen LogP contribution in [0.1, 0.15) is 43.6 Å². The van der Waals surface area contributed by atoms with E-state index in [1.165, 1.54) is 18.4 Å². The highest BCUT2D eigenvalue weighted by molar-refractivity contribution is 5.68. The van der Waals surface area contributed by atoms with Crippen LogP contribution in [0.3, 0.4) is 0 Å². The van der Waals surface area contributed by atoms with Crippen LogP contribution in [-0.2, 0) is 0 Å². The molecule has 3 aromatic heterocycles. The van der Waals surface area contributed by atoms with Crippen molar-refractivity contribution in [1.29, 1.82) is 0 Å². The van der Waals surface area contributed by atoms with Gasteiger partial charge in [-0.05, 0) is 61.8 Å². The summed E-state index contributed by atoms with van der Waals surface area (Å²) >= 11 is 0. The molecule has 0 amide bonds. The second-order valence-corrected chi connectivity index (χ2v) is 7.93. The average Bonchev–Trinajstić information content (AvgIpc) is 3.51. The van der Waals surface area contributed by atoms with Gasteiger partial charge in [-0.15, -0.1) is 0 Å². The molecule has 7 nitrogen and oxygen atoms in total. The maximum absolute atomic E-state index is 9.96. The molecule has 2 atom stereocenters. The molecule has 0 saturated heterocycles. The lowest BCUT2D eigenvalue weighted by Crippen LogP contribution is -2.22. The largest absolute Gasteiger partial charge is 0.507 e. The zero-order valence-corrected chi connectivity index (χ0v) is 16.1. The van der Waals surface area contributed by atoms with Gasteiger partial charge in [0, 0.05) is 54.2 Å². The molecule has 3 aromatic rings. The first-order valence-electron chi connectivity index (χ1n) is 10.2. The van der Waals surface area contributed by atoms with Gasteiger partial charge in [0.05, 0.1) is 0 Å². The van der Waals surface area contributed by atoms with E-state index < -0.39 is 0 Å². The summed E-state index contributed by atoms with van der Waals surface area (Å²) in [6, 6.07) is 6.21. The maximum atomic E-state index is 9.96. The molecule has 0 aromatic carbocycles. The van der Waals surface area contributed by atoms with E-state index >= 15 is 0 Å². The summed E-state index contributed by atoms with van der Waals surface area (Å²) in [5.41, 5.74) is 2.79. The van der Waals surface area contributed by atoms with Crippen LogP contribution in [0.5, 0.6) is 5.75 Å². The van der Waals surface area contributed by atoms with Crippen LogP contribution in [0.4, 0.5) is 11.8 Å². The van der Waals surface area contributed by atoms with Gasteiger partial charge in [-0.25, -0.2) is 15.0 Å². The standard InChI is InChI=1S/C22H24N6O/c29-20-7-8-23-13-19(20)15-3-6-21(24-10-15)27-17-4-5-18(9-17)28-22-25-11-16(12-26-22)14-1-2-14/h3,6-8,10-14,17-18H,1-2,4-5,9H2,(H,23,29)(H,24,27)(H,25,26,28)/t17-,18-/m0/s1. The van der Waals surface area contributed by atoms with Crippen molar-refractivity contribution in [2.75, 3.05) is 10.6 Å². The van der Waals surface area contributed by atoms with Crippen molar-refractivity contribution in [1.82, 2.24) is 19.9 Å². The zero-order valence-electron chi connectivity index (χ0n) is 16.1. The number of hydrogen-bond acceptors (Lipinski definition) is 7. The predicted octanol–water partition coefficient (Wildman–Crippen LogP) is 3.96. The molecule has 2 fully saturated rings. The normalized spacial score (nSPS) is 21.1. The third-order valence-corrected chi connectivity index (χ3v) is 5.71. The van der Waals surface area contributed by atoms with Gasteiger partial charge in [0.15, 0.2) is 0 Å². The fourth-order valence-corrected chi connectivity index (χ4v) is 3.92.